The van der Waals surface area contributed by atoms with Crippen molar-refractivity contribution >= 4 is 23.5 Å². The number of hydrogen-bond donors (Lipinski definition) is 1. The Hall–Kier alpha value is -2.63. The SMILES string of the molecule is C=CC(=O)N1CC(CC(=O)Nc2ccc(CCC(=O)OC)cc2)C1. The van der Waals surface area contributed by atoms with Crippen molar-refractivity contribution in [2.45, 2.75) is 19.3 Å². The molecule has 2 rings (SSSR count). The van der Waals surface area contributed by atoms with E-state index in [4.69, 9.17) is 0 Å². The molecule has 1 heterocycles. The van der Waals surface area contributed by atoms with Crippen LogP contribution in [0.15, 0.2) is 36.9 Å². The summed E-state index contributed by atoms with van der Waals surface area (Å²) in [5.41, 5.74) is 1.73. The molecule has 0 bridgehead atoms. The topological polar surface area (TPSA) is 75.7 Å². The standard InChI is InChI=1S/C18H22N2O4/c1-3-17(22)20-11-14(12-20)10-16(21)19-15-7-4-13(5-8-15)6-9-18(23)24-2/h3-5,7-8,14H,1,6,9-12H2,2H3,(H,19,21). The lowest BCUT2D eigenvalue weighted by atomic mass is 9.96. The van der Waals surface area contributed by atoms with Crippen molar-refractivity contribution in [3.63, 3.8) is 0 Å². The Labute approximate surface area is 141 Å². The highest BCUT2D eigenvalue weighted by Crippen LogP contribution is 2.20. The molecule has 0 saturated carbocycles. The number of nitrogens with one attached hydrogen (secondary N) is 1. The normalized spacial score (nSPS) is 13.8. The average molecular weight is 330 g/mol. The zero-order valence-corrected chi connectivity index (χ0v) is 13.8. The second-order valence-electron chi connectivity index (χ2n) is 5.84. The number of amides is 2. The number of benzene rings is 1. The minimum absolute atomic E-state index is 0.0620. The van der Waals surface area contributed by atoms with Crippen molar-refractivity contribution in [2.75, 3.05) is 25.5 Å². The van der Waals surface area contributed by atoms with Gasteiger partial charge in [0.15, 0.2) is 0 Å². The van der Waals surface area contributed by atoms with Crippen LogP contribution in [0.2, 0.25) is 0 Å². The second-order valence-corrected chi connectivity index (χ2v) is 5.84. The molecule has 1 fully saturated rings. The van der Waals surface area contributed by atoms with Crippen molar-refractivity contribution < 1.29 is 19.1 Å². The first-order valence-corrected chi connectivity index (χ1v) is 7.88. The fourth-order valence-electron chi connectivity index (χ4n) is 2.59. The van der Waals surface area contributed by atoms with Gasteiger partial charge in [-0.1, -0.05) is 18.7 Å². The highest BCUT2D eigenvalue weighted by atomic mass is 16.5. The highest BCUT2D eigenvalue weighted by molar-refractivity contribution is 5.91. The molecule has 6 heteroatoms. The van der Waals surface area contributed by atoms with E-state index in [1.165, 1.54) is 13.2 Å². The van der Waals surface area contributed by atoms with Crippen LogP contribution in [0.5, 0.6) is 0 Å². The molecule has 1 aromatic carbocycles. The average Bonchev–Trinajstić information content (AvgIpc) is 2.56. The number of hydrogen-bond acceptors (Lipinski definition) is 4. The number of aryl methyl sites for hydroxylation is 1. The zero-order valence-electron chi connectivity index (χ0n) is 13.8. The molecule has 1 aliphatic heterocycles. The molecule has 1 saturated heterocycles. The van der Waals surface area contributed by atoms with Crippen LogP contribution in [0.25, 0.3) is 0 Å². The summed E-state index contributed by atoms with van der Waals surface area (Å²) in [6.45, 7) is 4.65. The molecule has 0 aliphatic carbocycles. The highest BCUT2D eigenvalue weighted by Gasteiger charge is 2.30. The summed E-state index contributed by atoms with van der Waals surface area (Å²) in [5, 5.41) is 2.85. The van der Waals surface area contributed by atoms with E-state index in [0.29, 0.717) is 32.4 Å². The third kappa shape index (κ3) is 4.94. The second kappa shape index (κ2) is 8.29. The van der Waals surface area contributed by atoms with E-state index in [2.05, 4.69) is 16.6 Å². The molecule has 128 valence electrons. The molecular formula is C18H22N2O4. The maximum atomic E-state index is 12.0. The summed E-state index contributed by atoms with van der Waals surface area (Å²) in [5.74, 6) is -0.188. The lowest BCUT2D eigenvalue weighted by molar-refractivity contribution is -0.140. The van der Waals surface area contributed by atoms with Gasteiger partial charge in [0.1, 0.15) is 0 Å². The van der Waals surface area contributed by atoms with Crippen LogP contribution in [0, 0.1) is 5.92 Å². The van der Waals surface area contributed by atoms with Gasteiger partial charge in [0.05, 0.1) is 7.11 Å². The Kier molecular flexibility index (Phi) is 6.12. The van der Waals surface area contributed by atoms with E-state index in [0.717, 1.165) is 11.3 Å². The Balaban J connectivity index is 1.73. The van der Waals surface area contributed by atoms with Gasteiger partial charge in [-0.3, -0.25) is 14.4 Å². The van der Waals surface area contributed by atoms with Crippen LogP contribution in [0.1, 0.15) is 18.4 Å². The fourth-order valence-corrected chi connectivity index (χ4v) is 2.59. The molecule has 1 aromatic rings. The third-order valence-electron chi connectivity index (χ3n) is 4.00. The van der Waals surface area contributed by atoms with Crippen LogP contribution < -0.4 is 5.32 Å². The molecule has 1 N–H and O–H groups in total. The van der Waals surface area contributed by atoms with Crippen molar-refractivity contribution in [3.05, 3.63) is 42.5 Å². The molecule has 0 aromatic heterocycles. The fraction of sp³-hybridized carbons (Fsp3) is 0.389. The molecule has 0 spiro atoms. The Morgan fingerprint density at radius 3 is 2.54 bits per heavy atom. The summed E-state index contributed by atoms with van der Waals surface area (Å²) in [6.07, 6.45) is 2.63. The molecule has 0 atom stereocenters. The van der Waals surface area contributed by atoms with E-state index >= 15 is 0 Å². The number of anilines is 1. The number of nitrogens with zero attached hydrogens (tertiary/aromatic N) is 1. The van der Waals surface area contributed by atoms with Crippen molar-refractivity contribution in [2.24, 2.45) is 5.92 Å². The summed E-state index contributed by atoms with van der Waals surface area (Å²) >= 11 is 0. The number of carbonyl (C=O) groups is 3. The van der Waals surface area contributed by atoms with E-state index in [1.54, 1.807) is 4.90 Å². The maximum absolute atomic E-state index is 12.0. The Morgan fingerprint density at radius 2 is 1.96 bits per heavy atom. The largest absolute Gasteiger partial charge is 0.469 e. The van der Waals surface area contributed by atoms with E-state index in [1.807, 2.05) is 24.3 Å². The smallest absolute Gasteiger partial charge is 0.305 e. The molecule has 1 aliphatic rings. The van der Waals surface area contributed by atoms with Crippen LogP contribution in [-0.4, -0.2) is 42.9 Å². The summed E-state index contributed by atoms with van der Waals surface area (Å²) in [6, 6.07) is 7.40. The first-order chi connectivity index (χ1) is 11.5. The number of methoxy groups -OCH3 is 1. The quantitative estimate of drug-likeness (QED) is 0.611. The van der Waals surface area contributed by atoms with Crippen LogP contribution in [-0.2, 0) is 25.5 Å². The number of carbonyl (C=O) groups excluding carboxylic acids is 3. The first kappa shape index (κ1) is 17.7. The maximum Gasteiger partial charge on any atom is 0.305 e. The minimum Gasteiger partial charge on any atom is -0.469 e. The molecule has 24 heavy (non-hydrogen) atoms. The Morgan fingerprint density at radius 1 is 1.29 bits per heavy atom. The number of ether oxygens (including phenoxy) is 1. The van der Waals surface area contributed by atoms with Gasteiger partial charge < -0.3 is 15.0 Å². The number of likely N-dealkylation sites (tertiary alicyclic amines) is 1. The Bertz CT molecular complexity index is 618. The van der Waals surface area contributed by atoms with Gasteiger partial charge in [-0.2, -0.15) is 0 Å². The van der Waals surface area contributed by atoms with Crippen LogP contribution >= 0.6 is 0 Å². The molecule has 6 nitrogen and oxygen atoms in total. The molecular weight excluding hydrogens is 308 g/mol. The zero-order chi connectivity index (χ0) is 17.5. The predicted octanol–water partition coefficient (Wildman–Crippen LogP) is 1.77. The van der Waals surface area contributed by atoms with Gasteiger partial charge in [0.2, 0.25) is 11.8 Å². The van der Waals surface area contributed by atoms with Gasteiger partial charge in [-0.05, 0) is 30.2 Å². The number of rotatable bonds is 7. The third-order valence-corrected chi connectivity index (χ3v) is 4.00. The van der Waals surface area contributed by atoms with Gasteiger partial charge >= 0.3 is 5.97 Å². The van der Waals surface area contributed by atoms with Gasteiger partial charge in [-0.15, -0.1) is 0 Å². The molecule has 0 unspecified atom stereocenters. The van der Waals surface area contributed by atoms with Gasteiger partial charge in [0, 0.05) is 37.5 Å². The van der Waals surface area contributed by atoms with E-state index < -0.39 is 0 Å². The van der Waals surface area contributed by atoms with Crippen LogP contribution in [0.3, 0.4) is 0 Å². The first-order valence-electron chi connectivity index (χ1n) is 7.88. The summed E-state index contributed by atoms with van der Waals surface area (Å²) < 4.78 is 4.60. The lowest BCUT2D eigenvalue weighted by Crippen LogP contribution is -2.50. The lowest BCUT2D eigenvalue weighted by Gasteiger charge is -2.38. The summed E-state index contributed by atoms with van der Waals surface area (Å²) in [4.78, 5) is 36.1. The predicted molar refractivity (Wildman–Crippen MR) is 90.3 cm³/mol. The minimum atomic E-state index is -0.239. The van der Waals surface area contributed by atoms with Crippen molar-refractivity contribution in [1.29, 1.82) is 0 Å². The molecule has 2 amide bonds. The summed E-state index contributed by atoms with van der Waals surface area (Å²) in [7, 11) is 1.37. The van der Waals surface area contributed by atoms with Crippen LogP contribution in [0.4, 0.5) is 5.69 Å². The van der Waals surface area contributed by atoms with Crippen molar-refractivity contribution in [3.8, 4) is 0 Å². The number of esters is 1. The van der Waals surface area contributed by atoms with E-state index in [-0.39, 0.29) is 23.7 Å². The van der Waals surface area contributed by atoms with E-state index in [9.17, 15) is 14.4 Å². The molecule has 0 radical (unpaired) electrons. The van der Waals surface area contributed by atoms with Gasteiger partial charge in [-0.25, -0.2) is 0 Å². The van der Waals surface area contributed by atoms with Gasteiger partial charge in [0.25, 0.3) is 0 Å². The van der Waals surface area contributed by atoms with Crippen molar-refractivity contribution in [1.82, 2.24) is 4.90 Å². The monoisotopic (exact) mass is 330 g/mol.